The van der Waals surface area contributed by atoms with Crippen LogP contribution in [0.3, 0.4) is 0 Å². The van der Waals surface area contributed by atoms with E-state index in [1.807, 2.05) is 31.2 Å². The molecular formula is C25H31FN2O2. The zero-order valence-electron chi connectivity index (χ0n) is 17.9. The first-order chi connectivity index (χ1) is 14.4. The fourth-order valence-electron chi connectivity index (χ4n) is 3.92. The highest BCUT2D eigenvalue weighted by molar-refractivity contribution is 5.88. The summed E-state index contributed by atoms with van der Waals surface area (Å²) in [5.41, 5.74) is 2.84. The third kappa shape index (κ3) is 6.15. The van der Waals surface area contributed by atoms with Crippen LogP contribution in [0.4, 0.5) is 4.39 Å². The highest BCUT2D eigenvalue weighted by atomic mass is 19.1. The fraction of sp³-hybridized carbons (Fsp3) is 0.440. The summed E-state index contributed by atoms with van der Waals surface area (Å²) in [6.45, 7) is 4.04. The van der Waals surface area contributed by atoms with E-state index in [2.05, 4.69) is 5.32 Å². The Bertz CT molecular complexity index is 842. The standard InChI is InChI=1S/C25H31FN2O2/c1-18-8-10-20(11-9-18)16-24(29)28(17-21-12-14-22(26)15-13-21)19(2)25(30)27-23-6-4-3-5-7-23/h8-15,19,23H,3-7,16-17H2,1-2H3,(H,27,30)/t19-/m1/s1. The second-order valence-corrected chi connectivity index (χ2v) is 8.33. The predicted molar refractivity (Wildman–Crippen MR) is 116 cm³/mol. The summed E-state index contributed by atoms with van der Waals surface area (Å²) in [7, 11) is 0. The van der Waals surface area contributed by atoms with Crippen molar-refractivity contribution in [3.05, 3.63) is 71.0 Å². The Labute approximate surface area is 178 Å². The molecule has 0 unspecified atom stereocenters. The van der Waals surface area contributed by atoms with Crippen molar-refractivity contribution in [2.24, 2.45) is 0 Å². The van der Waals surface area contributed by atoms with Crippen molar-refractivity contribution in [1.82, 2.24) is 10.2 Å². The lowest BCUT2D eigenvalue weighted by molar-refractivity contribution is -0.140. The Morgan fingerprint density at radius 1 is 1.00 bits per heavy atom. The molecule has 1 aliphatic carbocycles. The van der Waals surface area contributed by atoms with E-state index in [0.717, 1.165) is 42.4 Å². The number of carbonyl (C=O) groups is 2. The van der Waals surface area contributed by atoms with Gasteiger partial charge in [0.15, 0.2) is 0 Å². The van der Waals surface area contributed by atoms with Crippen LogP contribution < -0.4 is 5.32 Å². The number of aryl methyl sites for hydroxylation is 1. The van der Waals surface area contributed by atoms with E-state index in [1.165, 1.54) is 18.6 Å². The lowest BCUT2D eigenvalue weighted by Gasteiger charge is -2.31. The summed E-state index contributed by atoms with van der Waals surface area (Å²) >= 11 is 0. The molecule has 30 heavy (non-hydrogen) atoms. The van der Waals surface area contributed by atoms with Crippen LogP contribution in [0.2, 0.25) is 0 Å². The van der Waals surface area contributed by atoms with Crippen LogP contribution >= 0.6 is 0 Å². The van der Waals surface area contributed by atoms with Crippen LogP contribution in [0.15, 0.2) is 48.5 Å². The van der Waals surface area contributed by atoms with Gasteiger partial charge in [0.1, 0.15) is 11.9 Å². The average molecular weight is 411 g/mol. The molecule has 0 aliphatic heterocycles. The topological polar surface area (TPSA) is 49.4 Å². The summed E-state index contributed by atoms with van der Waals surface area (Å²) in [6, 6.07) is 13.5. The van der Waals surface area contributed by atoms with Crippen molar-refractivity contribution in [1.29, 1.82) is 0 Å². The van der Waals surface area contributed by atoms with Gasteiger partial charge in [-0.15, -0.1) is 0 Å². The van der Waals surface area contributed by atoms with Gasteiger partial charge in [-0.2, -0.15) is 0 Å². The number of rotatable bonds is 7. The number of halogens is 1. The first-order valence-corrected chi connectivity index (χ1v) is 10.8. The first kappa shape index (κ1) is 22.0. The minimum atomic E-state index is -0.602. The van der Waals surface area contributed by atoms with Gasteiger partial charge in [-0.05, 0) is 49.9 Å². The molecule has 0 aromatic heterocycles. The van der Waals surface area contributed by atoms with Crippen LogP contribution in [0.5, 0.6) is 0 Å². The maximum Gasteiger partial charge on any atom is 0.242 e. The molecule has 0 saturated heterocycles. The second kappa shape index (κ2) is 10.4. The van der Waals surface area contributed by atoms with Gasteiger partial charge >= 0.3 is 0 Å². The summed E-state index contributed by atoms with van der Waals surface area (Å²) in [4.78, 5) is 27.7. The molecule has 0 spiro atoms. The largest absolute Gasteiger partial charge is 0.352 e. The van der Waals surface area contributed by atoms with Crippen molar-refractivity contribution in [2.45, 2.75) is 71.0 Å². The molecule has 0 radical (unpaired) electrons. The molecule has 4 nitrogen and oxygen atoms in total. The molecule has 0 heterocycles. The van der Waals surface area contributed by atoms with Crippen molar-refractivity contribution < 1.29 is 14.0 Å². The van der Waals surface area contributed by atoms with E-state index < -0.39 is 6.04 Å². The smallest absolute Gasteiger partial charge is 0.242 e. The van der Waals surface area contributed by atoms with Gasteiger partial charge in [0, 0.05) is 12.6 Å². The number of nitrogens with zero attached hydrogens (tertiary/aromatic N) is 1. The number of benzene rings is 2. The molecule has 1 N–H and O–H groups in total. The molecule has 160 valence electrons. The molecule has 1 atom stereocenters. The molecule has 2 amide bonds. The maximum atomic E-state index is 13.3. The monoisotopic (exact) mass is 410 g/mol. The molecule has 2 aromatic rings. The van der Waals surface area contributed by atoms with Crippen LogP contribution in [-0.4, -0.2) is 28.8 Å². The maximum absolute atomic E-state index is 13.3. The molecule has 3 rings (SSSR count). The highest BCUT2D eigenvalue weighted by Gasteiger charge is 2.28. The molecule has 5 heteroatoms. The number of carbonyl (C=O) groups excluding carboxylic acids is 2. The van der Waals surface area contributed by atoms with E-state index >= 15 is 0 Å². The molecule has 0 bridgehead atoms. The first-order valence-electron chi connectivity index (χ1n) is 10.8. The van der Waals surface area contributed by atoms with Crippen molar-refractivity contribution in [3.8, 4) is 0 Å². The summed E-state index contributed by atoms with van der Waals surface area (Å²) in [5, 5.41) is 3.13. The fourth-order valence-corrected chi connectivity index (χ4v) is 3.92. The van der Waals surface area contributed by atoms with Crippen LogP contribution in [0.1, 0.15) is 55.7 Å². The number of hydrogen-bond acceptors (Lipinski definition) is 2. The molecule has 1 saturated carbocycles. The second-order valence-electron chi connectivity index (χ2n) is 8.33. The van der Waals surface area contributed by atoms with Gasteiger partial charge in [-0.3, -0.25) is 9.59 Å². The summed E-state index contributed by atoms with van der Waals surface area (Å²) in [5.74, 6) is -0.560. The number of nitrogens with one attached hydrogen (secondary N) is 1. The Kier molecular flexibility index (Phi) is 7.61. The SMILES string of the molecule is Cc1ccc(CC(=O)N(Cc2ccc(F)cc2)[C@H](C)C(=O)NC2CCCCC2)cc1. The van der Waals surface area contributed by atoms with Gasteiger partial charge in [0.25, 0.3) is 0 Å². The zero-order valence-corrected chi connectivity index (χ0v) is 17.9. The summed E-state index contributed by atoms with van der Waals surface area (Å²) < 4.78 is 13.3. The lowest BCUT2D eigenvalue weighted by atomic mass is 9.95. The summed E-state index contributed by atoms with van der Waals surface area (Å²) in [6.07, 6.45) is 5.69. The van der Waals surface area contributed by atoms with Crippen molar-refractivity contribution >= 4 is 11.8 Å². The minimum Gasteiger partial charge on any atom is -0.352 e. The number of hydrogen-bond donors (Lipinski definition) is 1. The van der Waals surface area contributed by atoms with Gasteiger partial charge in [0.2, 0.25) is 11.8 Å². The van der Waals surface area contributed by atoms with E-state index in [1.54, 1.807) is 24.0 Å². The molecule has 2 aromatic carbocycles. The van der Waals surface area contributed by atoms with E-state index in [-0.39, 0.29) is 36.6 Å². The van der Waals surface area contributed by atoms with E-state index in [9.17, 15) is 14.0 Å². The van der Waals surface area contributed by atoms with Gasteiger partial charge in [-0.25, -0.2) is 4.39 Å². The van der Waals surface area contributed by atoms with Gasteiger partial charge in [-0.1, -0.05) is 61.2 Å². The van der Waals surface area contributed by atoms with Crippen LogP contribution in [0.25, 0.3) is 0 Å². The average Bonchev–Trinajstić information content (AvgIpc) is 2.75. The molecule has 1 fully saturated rings. The Morgan fingerprint density at radius 2 is 1.60 bits per heavy atom. The predicted octanol–water partition coefficient (Wildman–Crippen LogP) is 4.54. The van der Waals surface area contributed by atoms with Gasteiger partial charge in [0.05, 0.1) is 6.42 Å². The van der Waals surface area contributed by atoms with E-state index in [4.69, 9.17) is 0 Å². The Morgan fingerprint density at radius 3 is 2.23 bits per heavy atom. The Hall–Kier alpha value is -2.69. The van der Waals surface area contributed by atoms with Crippen LogP contribution in [0, 0.1) is 12.7 Å². The lowest BCUT2D eigenvalue weighted by Crippen LogP contribution is -2.50. The molecule has 1 aliphatic rings. The van der Waals surface area contributed by atoms with Crippen LogP contribution in [-0.2, 0) is 22.6 Å². The van der Waals surface area contributed by atoms with E-state index in [0.29, 0.717) is 0 Å². The Balaban J connectivity index is 1.74. The quantitative estimate of drug-likeness (QED) is 0.728. The van der Waals surface area contributed by atoms with Crippen molar-refractivity contribution in [3.63, 3.8) is 0 Å². The normalized spacial score (nSPS) is 15.4. The van der Waals surface area contributed by atoms with Gasteiger partial charge < -0.3 is 10.2 Å². The zero-order chi connectivity index (χ0) is 21.5. The molecular weight excluding hydrogens is 379 g/mol. The third-order valence-electron chi connectivity index (χ3n) is 5.86. The minimum absolute atomic E-state index is 0.116. The third-order valence-corrected chi connectivity index (χ3v) is 5.86. The number of amides is 2. The van der Waals surface area contributed by atoms with Crippen molar-refractivity contribution in [2.75, 3.05) is 0 Å². The highest BCUT2D eigenvalue weighted by Crippen LogP contribution is 2.19.